The Bertz CT molecular complexity index is 2630. The van der Waals surface area contributed by atoms with Gasteiger partial charge in [0, 0.05) is 93.1 Å². The van der Waals surface area contributed by atoms with Crippen LogP contribution in [0.4, 0.5) is 0 Å². The summed E-state index contributed by atoms with van der Waals surface area (Å²) in [6.07, 6.45) is 0.751. The van der Waals surface area contributed by atoms with Crippen LogP contribution in [0.1, 0.15) is 194 Å². The lowest BCUT2D eigenvalue weighted by molar-refractivity contribution is -0.154. The summed E-state index contributed by atoms with van der Waals surface area (Å²) in [6, 6.07) is -11.5. The first-order valence-electron chi connectivity index (χ1n) is 36.1. The van der Waals surface area contributed by atoms with E-state index in [1.165, 1.54) is 80.6 Å². The number of ether oxygens (including phenoxy) is 2. The van der Waals surface area contributed by atoms with Crippen molar-refractivity contribution in [3.8, 4) is 0 Å². The number of aliphatic hydroxyl groups is 1. The minimum Gasteiger partial charge on any atom is -0.390 e. The van der Waals surface area contributed by atoms with Crippen LogP contribution in [0.5, 0.6) is 0 Å². The van der Waals surface area contributed by atoms with Gasteiger partial charge in [0.15, 0.2) is 11.6 Å². The number of morpholine rings is 1. The molecule has 2 saturated heterocycles. The van der Waals surface area contributed by atoms with Gasteiger partial charge in [-0.25, -0.2) is 0 Å². The number of unbranched alkanes of at least 4 members (excludes halogenated alkanes) is 3. The molecule has 0 unspecified atom stereocenters. The SMILES string of the molecule is CC[C@@H]1NC(=O)[C@H]([C@H](O)[C@H](C)CCCCCC(N)=O)NC(=O)[C@H](C(C)C)N(C)C(=O)[C@H](CC(C)C)N(C)C(=O)[C@H](CC(C)C)N(C)C(=O)[C@@H](C)NC(=O)[C@H](C)CC(=O)[C@H](CC(C)C)N(C)C(=O)[C@H](C(C)C)CC(=O)[C@H]([C@@H](C)OCCCCN2CCOCC2)N(C)C(=O)[C@@H](C)N(C)C1=O. The second-order valence-electron chi connectivity index (χ2n) is 30.0. The van der Waals surface area contributed by atoms with Crippen molar-refractivity contribution >= 4 is 70.6 Å². The lowest BCUT2D eigenvalue weighted by atomic mass is 9.85. The van der Waals surface area contributed by atoms with E-state index in [4.69, 9.17) is 15.2 Å². The van der Waals surface area contributed by atoms with Gasteiger partial charge in [-0.1, -0.05) is 103 Å². The number of primary amides is 1. The molecule has 2 heterocycles. The number of carbonyl (C=O) groups is 12. The fourth-order valence-electron chi connectivity index (χ4n) is 13.2. The molecule has 10 amide bonds. The lowest BCUT2D eigenvalue weighted by Gasteiger charge is -2.40. The molecule has 0 aromatic carbocycles. The molecule has 6 N–H and O–H groups in total. The molecule has 0 aromatic rings. The fourth-order valence-corrected chi connectivity index (χ4v) is 13.2. The smallest absolute Gasteiger partial charge is 0.245 e. The van der Waals surface area contributed by atoms with Crippen molar-refractivity contribution < 1.29 is 72.1 Å². The molecule has 0 aromatic heterocycles. The summed E-state index contributed by atoms with van der Waals surface area (Å²) in [5, 5.41) is 20.5. The van der Waals surface area contributed by atoms with Crippen LogP contribution in [0.2, 0.25) is 0 Å². The van der Waals surface area contributed by atoms with E-state index in [1.807, 2.05) is 41.5 Å². The van der Waals surface area contributed by atoms with E-state index in [0.29, 0.717) is 45.3 Å². The number of nitrogens with zero attached hydrogens (tertiary/aromatic N) is 7. The van der Waals surface area contributed by atoms with Crippen LogP contribution in [0.25, 0.3) is 0 Å². The van der Waals surface area contributed by atoms with Gasteiger partial charge in [0.05, 0.1) is 31.5 Å². The average Bonchev–Trinajstić information content (AvgIpc) is 0.822. The standard InChI is InChI=1S/C72H129N11O15/c1-23-53-70(94)77(17)50(15)68(92)82(22)62(51(16)98-34-28-27-31-83-32-35-97-36-33-83)58(85)41-52(45(8)9)69(93)78(18)54(37-42(2)3)57(84)40-48(13)64(88)74-49(14)67(91)79(19)55(38-43(4)5)71(95)80(20)56(39-44(6)7)72(96)81(21)61(46(10)11)66(90)76-60(65(89)75-53)63(87)47(12)29-25-24-26-30-59(73)86/h42-56,60-63,87H,23-41H2,1-22H3,(H2,73,86)(H,74,88)(H,75,89)(H,76,90)/t47-,48-,49-,50-,51-,52+,53+,54+,55+,56+,60+,61+,62+,63-/m1/s1. The number of aliphatic hydroxyl groups excluding tert-OH is 1. The first-order valence-corrected chi connectivity index (χ1v) is 36.1. The number of amides is 10. The van der Waals surface area contributed by atoms with Crippen LogP contribution >= 0.6 is 0 Å². The Morgan fingerprint density at radius 1 is 0.551 bits per heavy atom. The Hall–Kier alpha value is -6.12. The van der Waals surface area contributed by atoms with Gasteiger partial charge < -0.3 is 65.7 Å². The topological polar surface area (TPSA) is 328 Å². The highest BCUT2D eigenvalue weighted by molar-refractivity contribution is 6.00. The minimum absolute atomic E-state index is 0.0254. The molecular weight excluding hydrogens is 1260 g/mol. The second kappa shape index (κ2) is 42.2. The molecule has 26 heteroatoms. The number of nitrogens with one attached hydrogen (secondary N) is 3. The molecule has 2 aliphatic heterocycles. The van der Waals surface area contributed by atoms with Gasteiger partial charge in [-0.3, -0.25) is 62.4 Å². The number of hydrogen-bond acceptors (Lipinski definition) is 16. The van der Waals surface area contributed by atoms with Crippen LogP contribution in [0, 0.1) is 47.3 Å². The largest absolute Gasteiger partial charge is 0.390 e. The number of nitrogens with two attached hydrogens (primary N) is 1. The summed E-state index contributed by atoms with van der Waals surface area (Å²) in [5.41, 5.74) is 5.38. The molecule has 98 heavy (non-hydrogen) atoms. The predicted molar refractivity (Wildman–Crippen MR) is 376 cm³/mol. The third-order valence-electron chi connectivity index (χ3n) is 19.7. The van der Waals surface area contributed by atoms with E-state index < -0.39 is 167 Å². The highest BCUT2D eigenvalue weighted by atomic mass is 16.5. The van der Waals surface area contributed by atoms with Crippen molar-refractivity contribution in [2.75, 3.05) is 81.7 Å². The van der Waals surface area contributed by atoms with Gasteiger partial charge in [0.2, 0.25) is 59.1 Å². The number of rotatable bonds is 24. The fraction of sp³-hybridized carbons (Fsp3) is 0.833. The van der Waals surface area contributed by atoms with Crippen LogP contribution in [-0.2, 0) is 67.0 Å². The zero-order valence-electron chi connectivity index (χ0n) is 63.8. The number of Topliss-reactive ketones (excluding diaryl/α,β-unsaturated/α-hetero) is 2. The van der Waals surface area contributed by atoms with E-state index in [1.54, 1.807) is 55.4 Å². The van der Waals surface area contributed by atoms with Crippen molar-refractivity contribution in [2.24, 2.45) is 53.1 Å². The molecule has 0 aliphatic carbocycles. The molecule has 0 saturated carbocycles. The molecule has 0 bridgehead atoms. The summed E-state index contributed by atoms with van der Waals surface area (Å²) in [7, 11) is 8.64. The zero-order valence-corrected chi connectivity index (χ0v) is 63.8. The first kappa shape index (κ1) is 88.0. The highest BCUT2D eigenvalue weighted by Crippen LogP contribution is 2.28. The van der Waals surface area contributed by atoms with Gasteiger partial charge in [0.1, 0.15) is 48.3 Å². The Morgan fingerprint density at radius 2 is 1.07 bits per heavy atom. The average molecular weight is 1390 g/mol. The van der Waals surface area contributed by atoms with Crippen molar-refractivity contribution in [2.45, 2.75) is 261 Å². The van der Waals surface area contributed by atoms with Crippen molar-refractivity contribution in [3.63, 3.8) is 0 Å². The third-order valence-corrected chi connectivity index (χ3v) is 19.7. The normalized spacial score (nSPS) is 27.0. The van der Waals surface area contributed by atoms with Gasteiger partial charge in [-0.15, -0.1) is 0 Å². The summed E-state index contributed by atoms with van der Waals surface area (Å²) < 4.78 is 11.9. The Balaban J connectivity index is 2.99. The maximum Gasteiger partial charge on any atom is 0.245 e. The Labute approximate surface area is 586 Å². The molecule has 2 rings (SSSR count). The number of carbonyl (C=O) groups excluding carboxylic acids is 12. The number of hydrogen-bond donors (Lipinski definition) is 5. The molecule has 0 spiro atoms. The van der Waals surface area contributed by atoms with E-state index in [0.717, 1.165) is 31.0 Å². The Morgan fingerprint density at radius 3 is 1.59 bits per heavy atom. The highest BCUT2D eigenvalue weighted by Gasteiger charge is 2.45. The molecule has 2 aliphatic rings. The second-order valence-corrected chi connectivity index (χ2v) is 30.0. The van der Waals surface area contributed by atoms with Crippen molar-refractivity contribution in [1.82, 2.24) is 50.2 Å². The maximum absolute atomic E-state index is 15.2. The summed E-state index contributed by atoms with van der Waals surface area (Å²) in [6.45, 7) is 31.7. The van der Waals surface area contributed by atoms with E-state index in [-0.39, 0.29) is 69.3 Å². The van der Waals surface area contributed by atoms with Gasteiger partial charge in [-0.2, -0.15) is 0 Å². The van der Waals surface area contributed by atoms with Gasteiger partial charge in [0.25, 0.3) is 0 Å². The lowest BCUT2D eigenvalue weighted by Crippen LogP contribution is -2.63. The molecule has 0 radical (unpaired) electrons. The molecule has 14 atom stereocenters. The van der Waals surface area contributed by atoms with Crippen LogP contribution in [0.15, 0.2) is 0 Å². The molecule has 562 valence electrons. The predicted octanol–water partition coefficient (Wildman–Crippen LogP) is 4.44. The summed E-state index contributed by atoms with van der Waals surface area (Å²) >= 11 is 0. The van der Waals surface area contributed by atoms with Crippen molar-refractivity contribution in [1.29, 1.82) is 0 Å². The molecule has 26 nitrogen and oxygen atoms in total. The van der Waals surface area contributed by atoms with Crippen LogP contribution < -0.4 is 21.7 Å². The first-order chi connectivity index (χ1) is 45.6. The monoisotopic (exact) mass is 1390 g/mol. The molecule has 2 fully saturated rings. The summed E-state index contributed by atoms with van der Waals surface area (Å²) in [4.78, 5) is 185. The summed E-state index contributed by atoms with van der Waals surface area (Å²) in [5.74, 6) is -11.8. The quantitative estimate of drug-likeness (QED) is 0.0834. The van der Waals surface area contributed by atoms with E-state index in [9.17, 15) is 33.9 Å². The maximum atomic E-state index is 15.2. The Kier molecular flexibility index (Phi) is 37.9. The zero-order chi connectivity index (χ0) is 74.9. The minimum atomic E-state index is -1.73. The van der Waals surface area contributed by atoms with Crippen LogP contribution in [0.3, 0.4) is 0 Å². The van der Waals surface area contributed by atoms with E-state index >= 15 is 28.8 Å². The van der Waals surface area contributed by atoms with Gasteiger partial charge >= 0.3 is 0 Å². The number of ketones is 2. The number of likely N-dealkylation sites (N-methyl/N-ethyl adjacent to an activating group) is 6. The van der Waals surface area contributed by atoms with Gasteiger partial charge in [-0.05, 0) is 114 Å². The van der Waals surface area contributed by atoms with Crippen molar-refractivity contribution in [3.05, 3.63) is 0 Å². The third kappa shape index (κ3) is 26.4. The van der Waals surface area contributed by atoms with E-state index in [2.05, 4.69) is 20.9 Å². The molecular formula is C72H129N11O15. The van der Waals surface area contributed by atoms with Crippen LogP contribution in [-0.4, -0.2) is 258 Å².